The zero-order chi connectivity index (χ0) is 15.6. The zero-order valence-electron chi connectivity index (χ0n) is 11.4. The molecular weight excluding hydrogens is 292 g/mol. The van der Waals surface area contributed by atoms with Gasteiger partial charge in [-0.15, -0.1) is 0 Å². The Bertz CT molecular complexity index is 773. The summed E-state index contributed by atoms with van der Waals surface area (Å²) in [5.74, 6) is -0.0654. The molecule has 0 bridgehead atoms. The van der Waals surface area contributed by atoms with Crippen molar-refractivity contribution in [3.63, 3.8) is 0 Å². The summed E-state index contributed by atoms with van der Waals surface area (Å²) in [6.45, 7) is 1.94. The molecule has 0 aliphatic rings. The predicted octanol–water partition coefficient (Wildman–Crippen LogP) is 1.67. The summed E-state index contributed by atoms with van der Waals surface area (Å²) in [5.41, 5.74) is 1.71. The van der Waals surface area contributed by atoms with E-state index >= 15 is 0 Å². The molecule has 7 heteroatoms. The molecule has 0 spiro atoms. The molecule has 2 aromatic rings. The molecule has 0 unspecified atom stereocenters. The number of rotatable bonds is 4. The number of sulfonamides is 1. The van der Waals surface area contributed by atoms with E-state index in [0.29, 0.717) is 16.8 Å². The van der Waals surface area contributed by atoms with Gasteiger partial charge in [-0.1, -0.05) is 6.07 Å². The third-order valence-corrected chi connectivity index (χ3v) is 4.10. The fraction of sp³-hybridized carbons (Fsp3) is 0.143. The maximum Gasteiger partial charge on any atom is 0.238 e. The summed E-state index contributed by atoms with van der Waals surface area (Å²) in [4.78, 5) is 0.0578. The van der Waals surface area contributed by atoms with Crippen molar-refractivity contribution in [2.24, 2.45) is 5.14 Å². The first-order valence-corrected chi connectivity index (χ1v) is 7.70. The van der Waals surface area contributed by atoms with Crippen molar-refractivity contribution in [1.29, 1.82) is 0 Å². The van der Waals surface area contributed by atoms with E-state index in [2.05, 4.69) is 5.32 Å². The van der Waals surface area contributed by atoms with Crippen LogP contribution < -0.4 is 10.5 Å². The smallest absolute Gasteiger partial charge is 0.238 e. The first-order valence-electron chi connectivity index (χ1n) is 6.15. The highest BCUT2D eigenvalue weighted by molar-refractivity contribution is 7.89. The first kappa shape index (κ1) is 15.1. The van der Waals surface area contributed by atoms with Crippen molar-refractivity contribution >= 4 is 15.7 Å². The molecule has 0 aromatic heterocycles. The molecule has 0 saturated heterocycles. The Balaban J connectivity index is 2.21. The number of primary sulfonamides is 1. The van der Waals surface area contributed by atoms with Crippen LogP contribution in [-0.4, -0.2) is 18.6 Å². The van der Waals surface area contributed by atoms with Gasteiger partial charge in [-0.3, -0.25) is 0 Å². The monoisotopic (exact) mass is 308 g/mol. The third kappa shape index (κ3) is 3.65. The van der Waals surface area contributed by atoms with E-state index in [1.54, 1.807) is 25.1 Å². The van der Waals surface area contributed by atoms with E-state index in [4.69, 9.17) is 5.14 Å². The number of nitrogens with two attached hydrogens (primary N) is 1. The minimum atomic E-state index is -3.78. The van der Waals surface area contributed by atoms with E-state index < -0.39 is 10.0 Å². The number of phenols is 2. The largest absolute Gasteiger partial charge is 0.508 e. The van der Waals surface area contributed by atoms with Crippen molar-refractivity contribution in [3.05, 3.63) is 47.5 Å². The van der Waals surface area contributed by atoms with Crippen LogP contribution in [0.1, 0.15) is 11.1 Å². The number of anilines is 1. The van der Waals surface area contributed by atoms with Gasteiger partial charge >= 0.3 is 0 Å². The van der Waals surface area contributed by atoms with Gasteiger partial charge in [-0.2, -0.15) is 0 Å². The second kappa shape index (κ2) is 5.63. The number of aryl methyl sites for hydroxylation is 1. The fourth-order valence-corrected chi connectivity index (χ4v) is 2.72. The highest BCUT2D eigenvalue weighted by Crippen LogP contribution is 2.24. The summed E-state index contributed by atoms with van der Waals surface area (Å²) >= 11 is 0. The first-order chi connectivity index (χ1) is 9.77. The van der Waals surface area contributed by atoms with Gasteiger partial charge in [0.15, 0.2) is 0 Å². The molecule has 0 heterocycles. The molecule has 2 rings (SSSR count). The highest BCUT2D eigenvalue weighted by atomic mass is 32.2. The minimum absolute atomic E-state index is 0.0249. The van der Waals surface area contributed by atoms with Gasteiger partial charge < -0.3 is 15.5 Å². The summed E-state index contributed by atoms with van der Waals surface area (Å²) in [6.07, 6.45) is 0. The van der Waals surface area contributed by atoms with E-state index in [9.17, 15) is 18.6 Å². The van der Waals surface area contributed by atoms with Crippen LogP contribution in [0, 0.1) is 6.92 Å². The van der Waals surface area contributed by atoms with Gasteiger partial charge in [0.25, 0.3) is 0 Å². The lowest BCUT2D eigenvalue weighted by Crippen LogP contribution is -2.14. The van der Waals surface area contributed by atoms with Crippen LogP contribution in [0.3, 0.4) is 0 Å². The predicted molar refractivity (Wildman–Crippen MR) is 79.7 cm³/mol. The number of aromatic hydroxyl groups is 2. The molecule has 0 saturated carbocycles. The van der Waals surface area contributed by atoms with Crippen molar-refractivity contribution in [3.8, 4) is 11.5 Å². The van der Waals surface area contributed by atoms with Crippen molar-refractivity contribution < 1.29 is 18.6 Å². The normalized spacial score (nSPS) is 11.3. The summed E-state index contributed by atoms with van der Waals surface area (Å²) in [5, 5.41) is 27.1. The van der Waals surface area contributed by atoms with Crippen molar-refractivity contribution in [2.45, 2.75) is 18.4 Å². The Hall–Kier alpha value is -2.25. The maximum atomic E-state index is 11.5. The number of hydrogen-bond acceptors (Lipinski definition) is 5. The molecule has 0 aliphatic heterocycles. The topological polar surface area (TPSA) is 113 Å². The zero-order valence-corrected chi connectivity index (χ0v) is 12.2. The molecule has 21 heavy (non-hydrogen) atoms. The molecule has 0 radical (unpaired) electrons. The van der Waals surface area contributed by atoms with Crippen LogP contribution in [0.25, 0.3) is 0 Å². The average molecular weight is 308 g/mol. The molecule has 0 atom stereocenters. The van der Waals surface area contributed by atoms with Gasteiger partial charge in [0.05, 0.1) is 4.90 Å². The van der Waals surface area contributed by atoms with Crippen LogP contribution in [-0.2, 0) is 16.6 Å². The standard InChI is InChI=1S/C14H16N2O4S/c1-9-2-4-11(6-14(9)21(15,19)20)16-8-10-3-5-12(17)7-13(10)18/h2-7,16-18H,8H2,1H3,(H2,15,19,20). The number of phenolic OH excluding ortho intramolecular Hbond substituents is 2. The quantitative estimate of drug-likeness (QED) is 0.686. The fourth-order valence-electron chi connectivity index (χ4n) is 1.92. The van der Waals surface area contributed by atoms with E-state index in [1.807, 2.05) is 0 Å². The lowest BCUT2D eigenvalue weighted by molar-refractivity contribution is 0.446. The molecule has 0 aliphatic carbocycles. The van der Waals surface area contributed by atoms with E-state index in [1.165, 1.54) is 18.2 Å². The molecule has 6 nitrogen and oxygen atoms in total. The van der Waals surface area contributed by atoms with Gasteiger partial charge in [0, 0.05) is 23.9 Å². The molecular formula is C14H16N2O4S. The summed E-state index contributed by atoms with van der Waals surface area (Å²) in [7, 11) is -3.78. The second-order valence-corrected chi connectivity index (χ2v) is 6.22. The Kier molecular flexibility index (Phi) is 4.06. The Labute approximate surface area is 122 Å². The van der Waals surface area contributed by atoms with Gasteiger partial charge in [-0.25, -0.2) is 13.6 Å². The summed E-state index contributed by atoms with van der Waals surface area (Å²) < 4.78 is 22.9. The van der Waals surface area contributed by atoms with Crippen LogP contribution >= 0.6 is 0 Å². The third-order valence-electron chi connectivity index (χ3n) is 3.05. The van der Waals surface area contributed by atoms with Crippen LogP contribution in [0.2, 0.25) is 0 Å². The highest BCUT2D eigenvalue weighted by Gasteiger charge is 2.12. The van der Waals surface area contributed by atoms with Crippen molar-refractivity contribution in [1.82, 2.24) is 0 Å². The lowest BCUT2D eigenvalue weighted by atomic mass is 10.1. The summed E-state index contributed by atoms with van der Waals surface area (Å²) in [6, 6.07) is 9.10. The number of hydrogen-bond donors (Lipinski definition) is 4. The van der Waals surface area contributed by atoms with E-state index in [0.717, 1.165) is 0 Å². The van der Waals surface area contributed by atoms with Gasteiger partial charge in [0.2, 0.25) is 10.0 Å². The minimum Gasteiger partial charge on any atom is -0.508 e. The van der Waals surface area contributed by atoms with Gasteiger partial charge in [0.1, 0.15) is 11.5 Å². The molecule has 112 valence electrons. The lowest BCUT2D eigenvalue weighted by Gasteiger charge is -2.11. The molecule has 0 amide bonds. The second-order valence-electron chi connectivity index (χ2n) is 4.69. The van der Waals surface area contributed by atoms with Crippen LogP contribution in [0.4, 0.5) is 5.69 Å². The van der Waals surface area contributed by atoms with Crippen LogP contribution in [0.15, 0.2) is 41.3 Å². The Morgan fingerprint density at radius 3 is 2.48 bits per heavy atom. The molecule has 2 aromatic carbocycles. The average Bonchev–Trinajstić information content (AvgIpc) is 2.38. The van der Waals surface area contributed by atoms with Gasteiger partial charge in [-0.05, 0) is 36.8 Å². The van der Waals surface area contributed by atoms with E-state index in [-0.39, 0.29) is 22.9 Å². The SMILES string of the molecule is Cc1ccc(NCc2ccc(O)cc2O)cc1S(N)(=O)=O. The maximum absolute atomic E-state index is 11.5. The van der Waals surface area contributed by atoms with Crippen LogP contribution in [0.5, 0.6) is 11.5 Å². The number of nitrogens with one attached hydrogen (secondary N) is 1. The number of benzene rings is 2. The Morgan fingerprint density at radius 1 is 1.14 bits per heavy atom. The molecule has 0 fully saturated rings. The Morgan fingerprint density at radius 2 is 1.86 bits per heavy atom. The van der Waals surface area contributed by atoms with Crippen molar-refractivity contribution in [2.75, 3.05) is 5.32 Å². The molecule has 5 N–H and O–H groups in total.